The van der Waals surface area contributed by atoms with Crippen LogP contribution in [0.2, 0.25) is 0 Å². The minimum absolute atomic E-state index is 0.0689. The van der Waals surface area contributed by atoms with Crippen LogP contribution in [0.3, 0.4) is 0 Å². The van der Waals surface area contributed by atoms with E-state index in [4.69, 9.17) is 9.47 Å². The van der Waals surface area contributed by atoms with Gasteiger partial charge in [0.25, 0.3) is 0 Å². The molecule has 2 aliphatic rings. The summed E-state index contributed by atoms with van der Waals surface area (Å²) in [5, 5.41) is 18.9. The highest BCUT2D eigenvalue weighted by Gasteiger charge is 2.54. The predicted molar refractivity (Wildman–Crippen MR) is 90.4 cm³/mol. The summed E-state index contributed by atoms with van der Waals surface area (Å²) >= 11 is 0. The minimum atomic E-state index is -0.909. The number of likely N-dealkylation sites (tertiary alicyclic amines) is 1. The fourth-order valence-corrected chi connectivity index (χ4v) is 3.58. The van der Waals surface area contributed by atoms with Gasteiger partial charge in [0.2, 0.25) is 0 Å². The van der Waals surface area contributed by atoms with E-state index in [2.05, 4.69) is 0 Å². The molecule has 2 N–H and O–H groups in total. The lowest BCUT2D eigenvalue weighted by atomic mass is 9.82. The number of carboxylic acids is 1. The maximum absolute atomic E-state index is 12.2. The number of carbonyl (C=O) groups excluding carboxylic acids is 1. The van der Waals surface area contributed by atoms with Crippen LogP contribution in [0.15, 0.2) is 0 Å². The van der Waals surface area contributed by atoms with Crippen LogP contribution >= 0.6 is 0 Å². The highest BCUT2D eigenvalue weighted by molar-refractivity contribution is 5.73. The number of nitrogens with zero attached hydrogens (tertiary/aromatic N) is 2. The third-order valence-corrected chi connectivity index (χ3v) is 4.46. The molecule has 0 aromatic rings. The number of hydrogen-bond donors (Lipinski definition) is 2. The quantitative estimate of drug-likeness (QED) is 0.771. The molecule has 2 fully saturated rings. The van der Waals surface area contributed by atoms with Crippen molar-refractivity contribution in [1.29, 1.82) is 0 Å². The summed E-state index contributed by atoms with van der Waals surface area (Å²) in [5.74, 6) is -0.909. The highest BCUT2D eigenvalue weighted by atomic mass is 16.6. The van der Waals surface area contributed by atoms with Crippen molar-refractivity contribution in [3.63, 3.8) is 0 Å². The smallest absolute Gasteiger partial charge is 0.410 e. The van der Waals surface area contributed by atoms with Crippen LogP contribution in [0.5, 0.6) is 0 Å². The zero-order chi connectivity index (χ0) is 19.0. The number of morpholine rings is 1. The van der Waals surface area contributed by atoms with Crippen LogP contribution in [-0.4, -0.2) is 87.7 Å². The van der Waals surface area contributed by atoms with E-state index in [0.29, 0.717) is 26.2 Å². The highest BCUT2D eigenvalue weighted by Crippen LogP contribution is 2.36. The molecule has 0 spiro atoms. The average Bonchev–Trinajstić information content (AvgIpc) is 2.37. The van der Waals surface area contributed by atoms with Gasteiger partial charge in [0.1, 0.15) is 5.60 Å². The number of aliphatic carboxylic acids is 1. The summed E-state index contributed by atoms with van der Waals surface area (Å²) in [4.78, 5) is 27.2. The zero-order valence-corrected chi connectivity index (χ0v) is 15.7. The number of hydrogen-bond acceptors (Lipinski definition) is 6. The molecular weight excluding hydrogens is 328 g/mol. The Hall–Kier alpha value is -1.38. The second-order valence-corrected chi connectivity index (χ2v) is 8.69. The van der Waals surface area contributed by atoms with Gasteiger partial charge in [-0.05, 0) is 34.6 Å². The van der Waals surface area contributed by atoms with E-state index in [1.807, 2.05) is 18.7 Å². The van der Waals surface area contributed by atoms with Gasteiger partial charge in [0.15, 0.2) is 0 Å². The van der Waals surface area contributed by atoms with Crippen molar-refractivity contribution in [2.24, 2.45) is 0 Å². The first-order valence-corrected chi connectivity index (χ1v) is 8.59. The molecule has 0 saturated carbocycles. The van der Waals surface area contributed by atoms with Crippen LogP contribution in [0.25, 0.3) is 0 Å². The number of rotatable bonds is 4. The molecule has 0 aromatic carbocycles. The lowest BCUT2D eigenvalue weighted by molar-refractivity contribution is -0.193. The molecular formula is C17H30N2O6. The van der Waals surface area contributed by atoms with Crippen molar-refractivity contribution < 1.29 is 29.3 Å². The second kappa shape index (κ2) is 6.74. The van der Waals surface area contributed by atoms with Crippen molar-refractivity contribution in [3.05, 3.63) is 0 Å². The Kier molecular flexibility index (Phi) is 5.37. The van der Waals surface area contributed by atoms with Crippen molar-refractivity contribution in [3.8, 4) is 0 Å². The van der Waals surface area contributed by atoms with Gasteiger partial charge in [-0.1, -0.05) is 0 Å². The zero-order valence-electron chi connectivity index (χ0n) is 15.7. The van der Waals surface area contributed by atoms with Crippen molar-refractivity contribution >= 4 is 12.1 Å². The average molecular weight is 358 g/mol. The molecule has 0 bridgehead atoms. The van der Waals surface area contributed by atoms with Crippen LogP contribution < -0.4 is 0 Å². The summed E-state index contributed by atoms with van der Waals surface area (Å²) in [6.07, 6.45) is -0.870. The Morgan fingerprint density at radius 2 is 1.84 bits per heavy atom. The molecule has 2 rings (SSSR count). The molecule has 144 valence electrons. The molecule has 0 radical (unpaired) electrons. The maximum Gasteiger partial charge on any atom is 0.410 e. The second-order valence-electron chi connectivity index (χ2n) is 8.69. The van der Waals surface area contributed by atoms with Crippen LogP contribution in [0.4, 0.5) is 4.79 Å². The van der Waals surface area contributed by atoms with Crippen LogP contribution in [0.1, 0.15) is 41.0 Å². The van der Waals surface area contributed by atoms with Crippen LogP contribution in [-0.2, 0) is 14.3 Å². The monoisotopic (exact) mass is 358 g/mol. The number of amides is 1. The van der Waals surface area contributed by atoms with Gasteiger partial charge < -0.3 is 24.6 Å². The van der Waals surface area contributed by atoms with Crippen molar-refractivity contribution in [1.82, 2.24) is 9.80 Å². The standard InChI is InChI=1S/C17H30N2O6/c1-15(2,3)25-14(23)18-10-17(11-18,6-13(21)22)19-7-12(8-20)24-16(4,5)9-19/h12,20H,6-11H2,1-5H3,(H,21,22). The van der Waals surface area contributed by atoms with Gasteiger partial charge in [-0.25, -0.2) is 4.79 Å². The molecule has 25 heavy (non-hydrogen) atoms. The molecule has 0 aromatic heterocycles. The van der Waals surface area contributed by atoms with E-state index in [1.54, 1.807) is 20.8 Å². The summed E-state index contributed by atoms with van der Waals surface area (Å²) in [7, 11) is 0. The number of ether oxygens (including phenoxy) is 2. The summed E-state index contributed by atoms with van der Waals surface area (Å²) in [6, 6.07) is 0. The largest absolute Gasteiger partial charge is 0.481 e. The first-order valence-electron chi connectivity index (χ1n) is 8.59. The molecule has 2 saturated heterocycles. The Morgan fingerprint density at radius 3 is 2.32 bits per heavy atom. The van der Waals surface area contributed by atoms with Crippen molar-refractivity contribution in [2.45, 2.75) is 63.9 Å². The topological polar surface area (TPSA) is 99.5 Å². The van der Waals surface area contributed by atoms with Gasteiger partial charge in [0, 0.05) is 26.2 Å². The number of carbonyl (C=O) groups is 2. The maximum atomic E-state index is 12.2. The number of aliphatic hydroxyl groups excluding tert-OH is 1. The fourth-order valence-electron chi connectivity index (χ4n) is 3.58. The SMILES string of the molecule is CC(C)(C)OC(=O)N1CC(CC(=O)O)(N2CC(CO)OC(C)(C)C2)C1. The summed E-state index contributed by atoms with van der Waals surface area (Å²) < 4.78 is 11.2. The van der Waals surface area contributed by atoms with Gasteiger partial charge in [0.05, 0.1) is 30.3 Å². The minimum Gasteiger partial charge on any atom is -0.481 e. The normalized spacial score (nSPS) is 26.0. The number of carboxylic acid groups (broad SMARTS) is 1. The molecule has 1 amide bonds. The molecule has 0 aliphatic carbocycles. The summed E-state index contributed by atoms with van der Waals surface area (Å²) in [5.41, 5.74) is -1.74. The Morgan fingerprint density at radius 1 is 1.24 bits per heavy atom. The van der Waals surface area contributed by atoms with E-state index in [1.165, 1.54) is 4.90 Å². The van der Waals surface area contributed by atoms with E-state index >= 15 is 0 Å². The Labute approximate surface area is 148 Å². The Balaban J connectivity index is 2.12. The molecule has 8 heteroatoms. The van der Waals surface area contributed by atoms with E-state index < -0.39 is 28.8 Å². The molecule has 2 heterocycles. The van der Waals surface area contributed by atoms with E-state index in [0.717, 1.165) is 0 Å². The van der Waals surface area contributed by atoms with Gasteiger partial charge in [-0.2, -0.15) is 0 Å². The van der Waals surface area contributed by atoms with Gasteiger partial charge in [-0.15, -0.1) is 0 Å². The van der Waals surface area contributed by atoms with E-state index in [-0.39, 0.29) is 19.1 Å². The van der Waals surface area contributed by atoms with Crippen molar-refractivity contribution in [2.75, 3.05) is 32.8 Å². The van der Waals surface area contributed by atoms with Crippen LogP contribution in [0, 0.1) is 0 Å². The van der Waals surface area contributed by atoms with Gasteiger partial charge >= 0.3 is 12.1 Å². The fraction of sp³-hybridized carbons (Fsp3) is 0.882. The number of aliphatic hydroxyl groups is 1. The van der Waals surface area contributed by atoms with E-state index in [9.17, 15) is 19.8 Å². The third kappa shape index (κ3) is 4.83. The Bertz CT molecular complexity index is 522. The molecule has 1 unspecified atom stereocenters. The lowest BCUT2D eigenvalue weighted by Crippen LogP contribution is -2.75. The predicted octanol–water partition coefficient (Wildman–Crippen LogP) is 0.922. The third-order valence-electron chi connectivity index (χ3n) is 4.46. The lowest BCUT2D eigenvalue weighted by Gasteiger charge is -2.58. The first-order chi connectivity index (χ1) is 11.4. The summed E-state index contributed by atoms with van der Waals surface area (Å²) in [6.45, 7) is 10.7. The first kappa shape index (κ1) is 19.9. The molecule has 1 atom stereocenters. The molecule has 2 aliphatic heterocycles. The van der Waals surface area contributed by atoms with Gasteiger partial charge in [-0.3, -0.25) is 9.69 Å². The molecule has 8 nitrogen and oxygen atoms in total.